The molecule has 2 rings (SSSR count). The number of hydrogen-bond acceptors (Lipinski definition) is 3. The van der Waals surface area contributed by atoms with E-state index in [1.807, 2.05) is 0 Å². The minimum atomic E-state index is -0.674. The summed E-state index contributed by atoms with van der Waals surface area (Å²) in [5.41, 5.74) is 5.32. The van der Waals surface area contributed by atoms with E-state index in [-0.39, 0.29) is 23.5 Å². The van der Waals surface area contributed by atoms with Crippen molar-refractivity contribution in [2.75, 3.05) is 0 Å². The van der Waals surface area contributed by atoms with E-state index in [4.69, 9.17) is 5.73 Å². The smallest absolute Gasteiger partial charge is 0.240 e. The van der Waals surface area contributed by atoms with Crippen molar-refractivity contribution in [3.63, 3.8) is 0 Å². The van der Waals surface area contributed by atoms with Gasteiger partial charge in [-0.15, -0.1) is 0 Å². The van der Waals surface area contributed by atoms with Crippen molar-refractivity contribution in [2.45, 2.75) is 44.6 Å². The van der Waals surface area contributed by atoms with E-state index in [0.29, 0.717) is 12.8 Å². The Morgan fingerprint density at radius 2 is 2.00 bits per heavy atom. The molecule has 0 aromatic carbocycles. The molecule has 2 amide bonds. The van der Waals surface area contributed by atoms with Gasteiger partial charge in [0.2, 0.25) is 11.8 Å². The molecule has 2 fully saturated rings. The third-order valence-corrected chi connectivity index (χ3v) is 3.54. The molecule has 2 aliphatic rings. The van der Waals surface area contributed by atoms with Crippen LogP contribution in [0.1, 0.15) is 38.5 Å². The average molecular weight is 238 g/mol. The lowest BCUT2D eigenvalue weighted by Crippen LogP contribution is -2.50. The molecule has 0 bridgehead atoms. The molecule has 2 saturated carbocycles. The molecule has 3 N–H and O–H groups in total. The van der Waals surface area contributed by atoms with Crippen molar-refractivity contribution < 1.29 is 14.4 Å². The molecular formula is C12H18N2O3. The summed E-state index contributed by atoms with van der Waals surface area (Å²) in [4.78, 5) is 34.4. The monoisotopic (exact) mass is 238 g/mol. The Morgan fingerprint density at radius 3 is 2.53 bits per heavy atom. The molecule has 0 radical (unpaired) electrons. The first-order chi connectivity index (χ1) is 8.08. The zero-order valence-corrected chi connectivity index (χ0v) is 9.78. The van der Waals surface area contributed by atoms with Crippen LogP contribution in [0.4, 0.5) is 0 Å². The number of nitrogens with two attached hydrogens (primary N) is 1. The maximum absolute atomic E-state index is 11.6. The summed E-state index contributed by atoms with van der Waals surface area (Å²) >= 11 is 0. The van der Waals surface area contributed by atoms with Crippen molar-refractivity contribution in [2.24, 2.45) is 17.6 Å². The second-order valence-corrected chi connectivity index (χ2v) is 5.06. The summed E-state index contributed by atoms with van der Waals surface area (Å²) in [7, 11) is 0. The molecule has 0 unspecified atom stereocenters. The van der Waals surface area contributed by atoms with Gasteiger partial charge in [0.25, 0.3) is 0 Å². The normalized spacial score (nSPS) is 26.4. The van der Waals surface area contributed by atoms with Crippen molar-refractivity contribution in [1.82, 2.24) is 5.32 Å². The van der Waals surface area contributed by atoms with E-state index in [9.17, 15) is 14.4 Å². The van der Waals surface area contributed by atoms with Gasteiger partial charge >= 0.3 is 0 Å². The molecule has 5 nitrogen and oxygen atoms in total. The van der Waals surface area contributed by atoms with Crippen molar-refractivity contribution >= 4 is 17.6 Å². The zero-order chi connectivity index (χ0) is 12.4. The second-order valence-electron chi connectivity index (χ2n) is 5.06. The average Bonchev–Trinajstić information content (AvgIpc) is 3.08. The third-order valence-electron chi connectivity index (χ3n) is 3.54. The van der Waals surface area contributed by atoms with Gasteiger partial charge in [-0.25, -0.2) is 0 Å². The minimum Gasteiger partial charge on any atom is -0.368 e. The van der Waals surface area contributed by atoms with E-state index in [1.54, 1.807) is 0 Å². The van der Waals surface area contributed by atoms with Gasteiger partial charge in [0, 0.05) is 18.8 Å². The Balaban J connectivity index is 1.97. The Labute approximate surface area is 100 Å². The summed E-state index contributed by atoms with van der Waals surface area (Å²) in [6, 6.07) is -0.674. The first-order valence-electron chi connectivity index (χ1n) is 6.19. The SMILES string of the molecule is NC(=O)[C@@H](NC(=O)C1CC1)[C@@H]1CCCC(=O)C1. The van der Waals surface area contributed by atoms with Gasteiger partial charge in [0.15, 0.2) is 0 Å². The quantitative estimate of drug-likeness (QED) is 0.729. The van der Waals surface area contributed by atoms with Crippen LogP contribution in [0.2, 0.25) is 0 Å². The first kappa shape index (κ1) is 12.1. The summed E-state index contributed by atoms with van der Waals surface area (Å²) in [5.74, 6) is -0.522. The van der Waals surface area contributed by atoms with Crippen LogP contribution in [0, 0.1) is 11.8 Å². The number of carbonyl (C=O) groups excluding carboxylic acids is 3. The maximum Gasteiger partial charge on any atom is 0.240 e. The Bertz CT molecular complexity index is 350. The molecule has 2 aliphatic carbocycles. The van der Waals surface area contributed by atoms with Crippen molar-refractivity contribution in [3.8, 4) is 0 Å². The van der Waals surface area contributed by atoms with Crippen LogP contribution in [-0.4, -0.2) is 23.6 Å². The molecule has 0 spiro atoms. The number of amides is 2. The fraction of sp³-hybridized carbons (Fsp3) is 0.750. The number of hydrogen-bond donors (Lipinski definition) is 2. The molecule has 0 aromatic rings. The van der Waals surface area contributed by atoms with Gasteiger partial charge in [-0.2, -0.15) is 0 Å². The van der Waals surface area contributed by atoms with Crippen LogP contribution in [0.3, 0.4) is 0 Å². The third kappa shape index (κ3) is 3.05. The Morgan fingerprint density at radius 1 is 1.29 bits per heavy atom. The second kappa shape index (κ2) is 4.85. The van der Waals surface area contributed by atoms with Gasteiger partial charge in [-0.1, -0.05) is 0 Å². The molecule has 5 heteroatoms. The highest BCUT2D eigenvalue weighted by atomic mass is 16.2. The highest BCUT2D eigenvalue weighted by Gasteiger charge is 2.36. The molecule has 0 aromatic heterocycles. The lowest BCUT2D eigenvalue weighted by molar-refractivity contribution is -0.131. The molecule has 0 aliphatic heterocycles. The first-order valence-corrected chi connectivity index (χ1v) is 6.19. The molecule has 0 saturated heterocycles. The molecule has 17 heavy (non-hydrogen) atoms. The number of ketones is 1. The van der Waals surface area contributed by atoms with Crippen molar-refractivity contribution in [1.29, 1.82) is 0 Å². The van der Waals surface area contributed by atoms with Gasteiger partial charge < -0.3 is 11.1 Å². The number of carbonyl (C=O) groups is 3. The van der Waals surface area contributed by atoms with Crippen LogP contribution >= 0.6 is 0 Å². The molecule has 0 heterocycles. The van der Waals surface area contributed by atoms with Gasteiger partial charge in [-0.05, 0) is 31.6 Å². The van der Waals surface area contributed by atoms with E-state index in [2.05, 4.69) is 5.32 Å². The predicted octanol–water partition coefficient (Wildman–Crippen LogP) is 0.126. The van der Waals surface area contributed by atoms with E-state index in [1.165, 1.54) is 0 Å². The standard InChI is InChI=1S/C12H18N2O3/c13-11(16)10(14-12(17)7-4-5-7)8-2-1-3-9(15)6-8/h7-8,10H,1-6H2,(H2,13,16)(H,14,17)/t8-,10+/m1/s1. The lowest BCUT2D eigenvalue weighted by Gasteiger charge is -2.28. The summed E-state index contributed by atoms with van der Waals surface area (Å²) < 4.78 is 0. The maximum atomic E-state index is 11.6. The van der Waals surface area contributed by atoms with Crippen LogP contribution < -0.4 is 11.1 Å². The van der Waals surface area contributed by atoms with Crippen LogP contribution in [0.25, 0.3) is 0 Å². The predicted molar refractivity (Wildman–Crippen MR) is 60.8 cm³/mol. The van der Waals surface area contributed by atoms with Crippen LogP contribution in [0.5, 0.6) is 0 Å². The van der Waals surface area contributed by atoms with E-state index >= 15 is 0 Å². The van der Waals surface area contributed by atoms with E-state index < -0.39 is 11.9 Å². The van der Waals surface area contributed by atoms with Gasteiger partial charge in [0.1, 0.15) is 11.8 Å². The number of Topliss-reactive ketones (excluding diaryl/α,β-unsaturated/α-hetero) is 1. The summed E-state index contributed by atoms with van der Waals surface area (Å²) in [5, 5.41) is 2.70. The number of nitrogens with one attached hydrogen (secondary N) is 1. The molecule has 94 valence electrons. The summed E-state index contributed by atoms with van der Waals surface area (Å²) in [6.07, 6.45) is 4.29. The zero-order valence-electron chi connectivity index (χ0n) is 9.78. The van der Waals surface area contributed by atoms with Crippen LogP contribution in [0.15, 0.2) is 0 Å². The van der Waals surface area contributed by atoms with Gasteiger partial charge in [-0.3, -0.25) is 14.4 Å². The Kier molecular flexibility index (Phi) is 3.45. The topological polar surface area (TPSA) is 89.3 Å². The highest BCUT2D eigenvalue weighted by Crippen LogP contribution is 2.30. The number of primary amides is 1. The fourth-order valence-electron chi connectivity index (χ4n) is 2.38. The summed E-state index contributed by atoms with van der Waals surface area (Å²) in [6.45, 7) is 0. The fourth-order valence-corrected chi connectivity index (χ4v) is 2.38. The Hall–Kier alpha value is -1.39. The molecular weight excluding hydrogens is 220 g/mol. The lowest BCUT2D eigenvalue weighted by atomic mass is 9.83. The minimum absolute atomic E-state index is 0.0520. The van der Waals surface area contributed by atoms with Crippen molar-refractivity contribution in [3.05, 3.63) is 0 Å². The molecule has 2 atom stereocenters. The van der Waals surface area contributed by atoms with Gasteiger partial charge in [0.05, 0.1) is 0 Å². The number of rotatable bonds is 4. The largest absolute Gasteiger partial charge is 0.368 e. The highest BCUT2D eigenvalue weighted by molar-refractivity contribution is 5.89. The van der Waals surface area contributed by atoms with E-state index in [0.717, 1.165) is 25.7 Å². The van der Waals surface area contributed by atoms with Crippen LogP contribution in [-0.2, 0) is 14.4 Å².